The summed E-state index contributed by atoms with van der Waals surface area (Å²) in [5, 5.41) is 14.7. The largest absolute Gasteiger partial charge is 0.439 e. The highest BCUT2D eigenvalue weighted by Gasteiger charge is 2.68. The number of aliphatic hydroxyl groups is 1. The fourth-order valence-corrected chi connectivity index (χ4v) is 3.81. The summed E-state index contributed by atoms with van der Waals surface area (Å²) in [4.78, 5) is 12.7. The van der Waals surface area contributed by atoms with Crippen molar-refractivity contribution in [1.29, 1.82) is 0 Å². The van der Waals surface area contributed by atoms with Gasteiger partial charge in [-0.2, -0.15) is 23.3 Å². The molecule has 0 spiro atoms. The number of rotatable bonds is 1. The van der Waals surface area contributed by atoms with E-state index in [4.69, 9.17) is 0 Å². The summed E-state index contributed by atoms with van der Waals surface area (Å²) in [5.41, 5.74) is -3.03. The molecule has 1 fully saturated rings. The molecule has 130 valence electrons. The molecular weight excluding hydrogens is 389 g/mol. The van der Waals surface area contributed by atoms with E-state index in [-0.39, 0.29) is 28.6 Å². The SMILES string of the molecule is C[C@@H]1CCC2=NN(C(=O)c3ccccc3Br)[C@@](O)(C(F)(F)F)[C@@H]2C1. The monoisotopic (exact) mass is 404 g/mol. The zero-order valence-corrected chi connectivity index (χ0v) is 14.4. The maximum atomic E-state index is 13.7. The molecule has 8 heteroatoms. The minimum Gasteiger partial charge on any atom is -0.362 e. The maximum Gasteiger partial charge on any atom is 0.439 e. The maximum absolute atomic E-state index is 13.7. The van der Waals surface area contributed by atoms with Crippen molar-refractivity contribution in [3.63, 3.8) is 0 Å². The predicted molar refractivity (Wildman–Crippen MR) is 85.3 cm³/mol. The van der Waals surface area contributed by atoms with E-state index in [2.05, 4.69) is 21.0 Å². The molecule has 1 saturated carbocycles. The molecule has 24 heavy (non-hydrogen) atoms. The first-order valence-corrected chi connectivity index (χ1v) is 8.41. The third-order valence-electron chi connectivity index (χ3n) is 4.68. The van der Waals surface area contributed by atoms with Crippen molar-refractivity contribution in [2.75, 3.05) is 0 Å². The van der Waals surface area contributed by atoms with Gasteiger partial charge in [-0.25, -0.2) is 0 Å². The van der Waals surface area contributed by atoms with Crippen LogP contribution < -0.4 is 0 Å². The second-order valence-electron chi connectivity index (χ2n) is 6.34. The summed E-state index contributed by atoms with van der Waals surface area (Å²) in [6.45, 7) is 1.84. The molecule has 3 atom stereocenters. The van der Waals surface area contributed by atoms with E-state index >= 15 is 0 Å². The summed E-state index contributed by atoms with van der Waals surface area (Å²) < 4.78 is 41.6. The third kappa shape index (κ3) is 2.56. The summed E-state index contributed by atoms with van der Waals surface area (Å²) >= 11 is 3.16. The number of fused-ring (bicyclic) bond motifs is 1. The van der Waals surface area contributed by atoms with Crippen LogP contribution >= 0.6 is 15.9 Å². The van der Waals surface area contributed by atoms with Crippen molar-refractivity contribution >= 4 is 27.5 Å². The Morgan fingerprint density at radius 2 is 2.08 bits per heavy atom. The number of alkyl halides is 3. The van der Waals surface area contributed by atoms with E-state index in [1.54, 1.807) is 18.2 Å². The Morgan fingerprint density at radius 3 is 2.71 bits per heavy atom. The number of amides is 1. The summed E-state index contributed by atoms with van der Waals surface area (Å²) in [6.07, 6.45) is -3.81. The highest BCUT2D eigenvalue weighted by Crippen LogP contribution is 2.49. The fourth-order valence-electron chi connectivity index (χ4n) is 3.36. The van der Waals surface area contributed by atoms with E-state index in [0.29, 0.717) is 17.3 Å². The lowest BCUT2D eigenvalue weighted by atomic mass is 9.76. The first-order valence-electron chi connectivity index (χ1n) is 7.61. The molecule has 0 unspecified atom stereocenters. The zero-order valence-electron chi connectivity index (χ0n) is 12.8. The van der Waals surface area contributed by atoms with Crippen LogP contribution in [-0.4, -0.2) is 33.6 Å². The van der Waals surface area contributed by atoms with Crippen LogP contribution in [0, 0.1) is 11.8 Å². The van der Waals surface area contributed by atoms with Crippen molar-refractivity contribution in [1.82, 2.24) is 5.01 Å². The molecule has 1 heterocycles. The van der Waals surface area contributed by atoms with Gasteiger partial charge >= 0.3 is 6.18 Å². The Kier molecular flexibility index (Phi) is 4.24. The number of nitrogens with zero attached hydrogens (tertiary/aromatic N) is 2. The molecule has 1 aliphatic heterocycles. The minimum absolute atomic E-state index is 0.0243. The number of carbonyl (C=O) groups excluding carboxylic acids is 1. The van der Waals surface area contributed by atoms with Crippen molar-refractivity contribution in [3.8, 4) is 0 Å². The Bertz CT molecular complexity index is 707. The van der Waals surface area contributed by atoms with Gasteiger partial charge < -0.3 is 5.11 Å². The van der Waals surface area contributed by atoms with Gasteiger partial charge in [-0.3, -0.25) is 4.79 Å². The van der Waals surface area contributed by atoms with Gasteiger partial charge in [0.2, 0.25) is 0 Å². The molecule has 1 amide bonds. The van der Waals surface area contributed by atoms with Crippen LogP contribution in [0.2, 0.25) is 0 Å². The first kappa shape index (κ1) is 17.4. The highest BCUT2D eigenvalue weighted by atomic mass is 79.9. The quantitative estimate of drug-likeness (QED) is 0.770. The number of hydrogen-bond acceptors (Lipinski definition) is 3. The van der Waals surface area contributed by atoms with Gasteiger partial charge in [0.05, 0.1) is 11.5 Å². The van der Waals surface area contributed by atoms with Gasteiger partial charge in [0, 0.05) is 10.2 Å². The van der Waals surface area contributed by atoms with Crippen LogP contribution in [0.25, 0.3) is 0 Å². The van der Waals surface area contributed by atoms with Gasteiger partial charge in [-0.15, -0.1) is 0 Å². The van der Waals surface area contributed by atoms with Gasteiger partial charge in [0.25, 0.3) is 11.6 Å². The fraction of sp³-hybridized carbons (Fsp3) is 0.500. The van der Waals surface area contributed by atoms with Crippen LogP contribution in [0.5, 0.6) is 0 Å². The standard InChI is InChI=1S/C16H16BrF3N2O2/c1-9-6-7-13-11(8-9)15(24,16(18,19)20)22(21-13)14(23)10-4-2-3-5-12(10)17/h2-5,9,11,24H,6-8H2,1H3/t9-,11-,15+/m1/s1. The lowest BCUT2D eigenvalue weighted by Gasteiger charge is -2.39. The Balaban J connectivity index is 2.07. The van der Waals surface area contributed by atoms with Gasteiger partial charge in [-0.05, 0) is 53.2 Å². The summed E-state index contributed by atoms with van der Waals surface area (Å²) in [7, 11) is 0. The first-order chi connectivity index (χ1) is 11.2. The van der Waals surface area contributed by atoms with Crippen LogP contribution in [-0.2, 0) is 0 Å². The average molecular weight is 405 g/mol. The van der Waals surface area contributed by atoms with E-state index in [0.717, 1.165) is 0 Å². The topological polar surface area (TPSA) is 52.9 Å². The number of hydrogen-bond donors (Lipinski definition) is 1. The molecule has 0 bridgehead atoms. The van der Waals surface area contributed by atoms with Gasteiger partial charge in [0.1, 0.15) is 0 Å². The molecular formula is C16H16BrF3N2O2. The van der Waals surface area contributed by atoms with E-state index < -0.39 is 23.7 Å². The molecule has 1 aliphatic carbocycles. The molecule has 1 aromatic rings. The second kappa shape index (κ2) is 5.84. The molecule has 1 N–H and O–H groups in total. The minimum atomic E-state index is -5.00. The van der Waals surface area contributed by atoms with Crippen LogP contribution in [0.15, 0.2) is 33.8 Å². The number of carbonyl (C=O) groups is 1. The van der Waals surface area contributed by atoms with Gasteiger partial charge in [-0.1, -0.05) is 19.1 Å². The number of hydrazone groups is 1. The Hall–Kier alpha value is -1.41. The van der Waals surface area contributed by atoms with Crippen LogP contribution in [0.1, 0.15) is 36.5 Å². The van der Waals surface area contributed by atoms with Crippen molar-refractivity contribution in [2.24, 2.45) is 16.9 Å². The molecule has 0 radical (unpaired) electrons. The van der Waals surface area contributed by atoms with Crippen LogP contribution in [0.3, 0.4) is 0 Å². The van der Waals surface area contributed by atoms with E-state index in [9.17, 15) is 23.1 Å². The Morgan fingerprint density at radius 1 is 1.42 bits per heavy atom. The van der Waals surface area contributed by atoms with Crippen LogP contribution in [0.4, 0.5) is 13.2 Å². The normalized spacial score (nSPS) is 30.1. The van der Waals surface area contributed by atoms with Crippen molar-refractivity contribution in [2.45, 2.75) is 38.1 Å². The molecule has 4 nitrogen and oxygen atoms in total. The lowest BCUT2D eigenvalue weighted by Crippen LogP contribution is -2.61. The molecule has 3 rings (SSSR count). The summed E-state index contributed by atoms with van der Waals surface area (Å²) in [6, 6.07) is 6.14. The predicted octanol–water partition coefficient (Wildman–Crippen LogP) is 3.95. The molecule has 0 aromatic heterocycles. The Labute approximate surface area is 145 Å². The van der Waals surface area contributed by atoms with Gasteiger partial charge in [0.15, 0.2) is 0 Å². The lowest BCUT2D eigenvalue weighted by molar-refractivity contribution is -0.313. The van der Waals surface area contributed by atoms with E-state index in [1.807, 2.05) is 6.92 Å². The molecule has 1 aromatic carbocycles. The number of benzene rings is 1. The smallest absolute Gasteiger partial charge is 0.362 e. The number of halogens is 4. The summed E-state index contributed by atoms with van der Waals surface area (Å²) in [5.74, 6) is -2.16. The van der Waals surface area contributed by atoms with E-state index in [1.165, 1.54) is 6.07 Å². The second-order valence-corrected chi connectivity index (χ2v) is 7.20. The third-order valence-corrected chi connectivity index (χ3v) is 5.38. The average Bonchev–Trinajstić information content (AvgIpc) is 2.81. The van der Waals surface area contributed by atoms with Crippen molar-refractivity contribution in [3.05, 3.63) is 34.3 Å². The zero-order chi connectivity index (χ0) is 17.7. The molecule has 0 saturated heterocycles. The van der Waals surface area contributed by atoms with Crippen molar-refractivity contribution < 1.29 is 23.1 Å². The highest BCUT2D eigenvalue weighted by molar-refractivity contribution is 9.10. The molecule has 2 aliphatic rings.